The van der Waals surface area contributed by atoms with E-state index in [4.69, 9.17) is 0 Å². The first-order valence-electron chi connectivity index (χ1n) is 5.25. The van der Waals surface area contributed by atoms with E-state index < -0.39 is 5.60 Å². The molecule has 0 spiro atoms. The van der Waals surface area contributed by atoms with Crippen LogP contribution in [-0.2, 0) is 0 Å². The van der Waals surface area contributed by atoms with E-state index in [1.54, 1.807) is 18.0 Å². The summed E-state index contributed by atoms with van der Waals surface area (Å²) < 4.78 is 0. The van der Waals surface area contributed by atoms with Gasteiger partial charge in [0.05, 0.1) is 10.6 Å². The van der Waals surface area contributed by atoms with E-state index in [9.17, 15) is 5.11 Å². The van der Waals surface area contributed by atoms with Crippen LogP contribution in [0.1, 0.15) is 12.8 Å². The number of nitrogens with one attached hydrogen (secondary N) is 1. The largest absolute Gasteiger partial charge is 0.389 e. The van der Waals surface area contributed by atoms with Gasteiger partial charge in [0, 0.05) is 11.9 Å². The third-order valence-corrected chi connectivity index (χ3v) is 3.88. The lowest BCUT2D eigenvalue weighted by Crippen LogP contribution is -2.43. The van der Waals surface area contributed by atoms with E-state index in [-0.39, 0.29) is 0 Å². The molecule has 1 aliphatic heterocycles. The molecule has 1 saturated heterocycles. The maximum Gasteiger partial charge on any atom is 0.0960 e. The quantitative estimate of drug-likeness (QED) is 0.759. The summed E-state index contributed by atoms with van der Waals surface area (Å²) in [6.07, 6.45) is 3.47. The Hall–Kier alpha value is -0.580. The van der Waals surface area contributed by atoms with Crippen molar-refractivity contribution < 1.29 is 5.11 Å². The molecule has 15 heavy (non-hydrogen) atoms. The van der Waals surface area contributed by atoms with Crippen molar-refractivity contribution in [1.82, 2.24) is 10.3 Å². The van der Waals surface area contributed by atoms with E-state index in [2.05, 4.69) is 10.3 Å². The molecule has 0 aliphatic carbocycles. The molecule has 0 radical (unpaired) electrons. The number of aliphatic hydroxyl groups is 1. The maximum absolute atomic E-state index is 10.2. The van der Waals surface area contributed by atoms with Crippen molar-refractivity contribution in [3.63, 3.8) is 0 Å². The van der Waals surface area contributed by atoms with Gasteiger partial charge in [-0.2, -0.15) is 0 Å². The van der Waals surface area contributed by atoms with E-state index in [1.807, 2.05) is 18.2 Å². The summed E-state index contributed by atoms with van der Waals surface area (Å²) in [6.45, 7) is 1.83. The first-order chi connectivity index (χ1) is 7.29. The van der Waals surface area contributed by atoms with Crippen molar-refractivity contribution in [2.75, 3.05) is 18.8 Å². The summed E-state index contributed by atoms with van der Waals surface area (Å²) >= 11 is 1.64. The van der Waals surface area contributed by atoms with Gasteiger partial charge in [-0.25, -0.2) is 4.98 Å². The molecule has 2 N–H and O–H groups in total. The molecule has 0 unspecified atom stereocenters. The third kappa shape index (κ3) is 3.19. The minimum absolute atomic E-state index is 0.507. The van der Waals surface area contributed by atoms with E-state index in [0.717, 1.165) is 36.7 Å². The number of hydrogen-bond acceptors (Lipinski definition) is 4. The van der Waals surface area contributed by atoms with Crippen LogP contribution in [0.3, 0.4) is 0 Å². The molecular weight excluding hydrogens is 208 g/mol. The van der Waals surface area contributed by atoms with Crippen molar-refractivity contribution in [1.29, 1.82) is 0 Å². The monoisotopic (exact) mass is 224 g/mol. The fourth-order valence-corrected chi connectivity index (χ4v) is 2.69. The number of aromatic nitrogens is 1. The van der Waals surface area contributed by atoms with Crippen LogP contribution in [0.25, 0.3) is 0 Å². The van der Waals surface area contributed by atoms with Crippen LogP contribution in [-0.4, -0.2) is 34.5 Å². The topological polar surface area (TPSA) is 45.2 Å². The van der Waals surface area contributed by atoms with Crippen LogP contribution in [0.2, 0.25) is 0 Å². The highest BCUT2D eigenvalue weighted by molar-refractivity contribution is 7.99. The zero-order chi connectivity index (χ0) is 10.6. The number of pyridine rings is 1. The minimum Gasteiger partial charge on any atom is -0.389 e. The predicted molar refractivity (Wildman–Crippen MR) is 62.0 cm³/mol. The van der Waals surface area contributed by atoms with Crippen LogP contribution >= 0.6 is 11.8 Å². The van der Waals surface area contributed by atoms with Gasteiger partial charge in [0.1, 0.15) is 0 Å². The molecule has 0 saturated carbocycles. The van der Waals surface area contributed by atoms with Crippen molar-refractivity contribution >= 4 is 11.8 Å². The van der Waals surface area contributed by atoms with Gasteiger partial charge in [0.2, 0.25) is 0 Å². The van der Waals surface area contributed by atoms with Crippen molar-refractivity contribution in [2.24, 2.45) is 0 Å². The highest BCUT2D eigenvalue weighted by atomic mass is 32.2. The Kier molecular flexibility index (Phi) is 3.61. The molecule has 2 rings (SSSR count). The Bertz CT molecular complexity index is 299. The van der Waals surface area contributed by atoms with E-state index in [1.165, 1.54) is 0 Å². The molecule has 4 heteroatoms. The Morgan fingerprint density at radius 2 is 2.20 bits per heavy atom. The second-order valence-electron chi connectivity index (χ2n) is 3.93. The van der Waals surface area contributed by atoms with Gasteiger partial charge in [0.25, 0.3) is 0 Å². The Morgan fingerprint density at radius 1 is 1.40 bits per heavy atom. The van der Waals surface area contributed by atoms with Crippen molar-refractivity contribution in [2.45, 2.75) is 23.5 Å². The molecule has 82 valence electrons. The maximum atomic E-state index is 10.2. The first kappa shape index (κ1) is 10.9. The van der Waals surface area contributed by atoms with Gasteiger partial charge in [-0.15, -0.1) is 11.8 Å². The van der Waals surface area contributed by atoms with Gasteiger partial charge in [-0.3, -0.25) is 0 Å². The highest BCUT2D eigenvalue weighted by Gasteiger charge is 2.29. The molecule has 0 atom stereocenters. The molecule has 2 heterocycles. The van der Waals surface area contributed by atoms with Crippen LogP contribution in [0.15, 0.2) is 29.4 Å². The predicted octanol–water partition coefficient (Wildman–Crippen LogP) is 1.29. The lowest BCUT2D eigenvalue weighted by Gasteiger charge is -2.32. The average molecular weight is 224 g/mol. The van der Waals surface area contributed by atoms with Crippen LogP contribution < -0.4 is 5.32 Å². The van der Waals surface area contributed by atoms with Gasteiger partial charge in [-0.05, 0) is 38.1 Å². The minimum atomic E-state index is -0.507. The summed E-state index contributed by atoms with van der Waals surface area (Å²) in [7, 11) is 0. The number of thioether (sulfide) groups is 1. The molecule has 1 fully saturated rings. The lowest BCUT2D eigenvalue weighted by atomic mass is 9.95. The van der Waals surface area contributed by atoms with Crippen LogP contribution in [0.5, 0.6) is 0 Å². The Morgan fingerprint density at radius 3 is 2.87 bits per heavy atom. The number of rotatable bonds is 3. The molecule has 1 aliphatic rings. The first-order valence-corrected chi connectivity index (χ1v) is 6.24. The van der Waals surface area contributed by atoms with Crippen LogP contribution in [0, 0.1) is 0 Å². The molecule has 1 aromatic rings. The van der Waals surface area contributed by atoms with Gasteiger partial charge < -0.3 is 10.4 Å². The van der Waals surface area contributed by atoms with Gasteiger partial charge >= 0.3 is 0 Å². The zero-order valence-electron chi connectivity index (χ0n) is 8.65. The standard InChI is InChI=1S/C11H16N2OS/c14-11(4-7-12-8-5-11)9-15-10-3-1-2-6-13-10/h1-3,6,12,14H,4-5,7-9H2. The highest BCUT2D eigenvalue weighted by Crippen LogP contribution is 2.26. The molecule has 3 nitrogen and oxygen atoms in total. The Balaban J connectivity index is 1.87. The second-order valence-corrected chi connectivity index (χ2v) is 4.93. The van der Waals surface area contributed by atoms with Crippen molar-refractivity contribution in [3.8, 4) is 0 Å². The summed E-state index contributed by atoms with van der Waals surface area (Å²) in [6, 6.07) is 5.86. The number of nitrogens with zero attached hydrogens (tertiary/aromatic N) is 1. The molecule has 0 amide bonds. The summed E-state index contributed by atoms with van der Waals surface area (Å²) in [5.41, 5.74) is -0.507. The van der Waals surface area contributed by atoms with Gasteiger partial charge in [0.15, 0.2) is 0 Å². The fourth-order valence-electron chi connectivity index (χ4n) is 1.68. The second kappa shape index (κ2) is 4.96. The summed E-state index contributed by atoms with van der Waals surface area (Å²) in [5, 5.41) is 14.5. The molecule has 1 aromatic heterocycles. The van der Waals surface area contributed by atoms with Crippen molar-refractivity contribution in [3.05, 3.63) is 24.4 Å². The average Bonchev–Trinajstić information content (AvgIpc) is 2.29. The van der Waals surface area contributed by atoms with E-state index in [0.29, 0.717) is 0 Å². The summed E-state index contributed by atoms with van der Waals surface area (Å²) in [4.78, 5) is 4.23. The number of piperidine rings is 1. The summed E-state index contributed by atoms with van der Waals surface area (Å²) in [5.74, 6) is 0.742. The normalized spacial score (nSPS) is 20.1. The SMILES string of the molecule is OC1(CSc2ccccn2)CCNCC1. The molecule has 0 aromatic carbocycles. The zero-order valence-corrected chi connectivity index (χ0v) is 9.46. The third-order valence-electron chi connectivity index (χ3n) is 2.66. The van der Waals surface area contributed by atoms with E-state index >= 15 is 0 Å². The van der Waals surface area contributed by atoms with Gasteiger partial charge in [-0.1, -0.05) is 6.07 Å². The molecule has 0 bridgehead atoms. The lowest BCUT2D eigenvalue weighted by molar-refractivity contribution is 0.0339. The fraction of sp³-hybridized carbons (Fsp3) is 0.545. The Labute approximate surface area is 94.3 Å². The molecular formula is C11H16N2OS. The number of hydrogen-bond donors (Lipinski definition) is 2. The van der Waals surface area contributed by atoms with Crippen LogP contribution in [0.4, 0.5) is 0 Å². The smallest absolute Gasteiger partial charge is 0.0960 e.